The molecule has 4 rings (SSSR count). The number of thioether (sulfide) groups is 2. The number of unbranched alkanes of at least 4 members (excludes halogenated alkanes) is 2. The molecular formula is C28H42N6O12S2Tc+6. The number of hydrogen-bond donors (Lipinski definition) is 8. The Kier molecular flexibility index (Phi) is 17.4. The Bertz CT molecular complexity index is 1120. The number of hydrogen-bond acceptors (Lipinski definition) is 10. The third-order valence-corrected chi connectivity index (χ3v) is 11.2. The first-order valence-electron chi connectivity index (χ1n) is 15.5. The van der Waals surface area contributed by atoms with Gasteiger partial charge in [-0.15, -0.1) is 0 Å². The van der Waals surface area contributed by atoms with Gasteiger partial charge < -0.3 is 51.5 Å². The number of aliphatic carboxylic acids is 4. The minimum absolute atomic E-state index is 0. The number of fused-ring (bicyclic) bond motifs is 2. The van der Waals surface area contributed by atoms with E-state index in [4.69, 9.17) is 20.4 Å². The molecule has 0 aliphatic carbocycles. The van der Waals surface area contributed by atoms with E-state index >= 15 is 0 Å². The fourth-order valence-corrected chi connectivity index (χ4v) is 9.05. The van der Waals surface area contributed by atoms with Gasteiger partial charge in [0.05, 0.1) is 24.2 Å². The van der Waals surface area contributed by atoms with E-state index in [1.165, 1.54) is 0 Å². The fraction of sp³-hybridized carbons (Fsp3) is 0.714. The zero-order valence-corrected chi connectivity index (χ0v) is 30.0. The topological polar surface area (TPSA) is 272 Å². The second-order valence-electron chi connectivity index (χ2n) is 11.8. The summed E-state index contributed by atoms with van der Waals surface area (Å²) in [5.41, 5.74) is 0. The number of nitrogens with one attached hydrogen (secondary N) is 4. The van der Waals surface area contributed by atoms with Crippen molar-refractivity contribution >= 4 is 71.3 Å². The molecule has 4 fully saturated rings. The van der Waals surface area contributed by atoms with Crippen LogP contribution in [0.5, 0.6) is 0 Å². The van der Waals surface area contributed by atoms with E-state index in [2.05, 4.69) is 21.3 Å². The molecule has 6 unspecified atom stereocenters. The summed E-state index contributed by atoms with van der Waals surface area (Å²) in [7, 11) is 0. The second-order valence-corrected chi connectivity index (χ2v) is 14.4. The van der Waals surface area contributed by atoms with Crippen molar-refractivity contribution in [3.63, 3.8) is 0 Å². The van der Waals surface area contributed by atoms with Crippen LogP contribution in [-0.2, 0) is 48.9 Å². The van der Waals surface area contributed by atoms with Crippen molar-refractivity contribution in [2.45, 2.75) is 86.0 Å². The monoisotopic (exact) mass is 817 g/mol. The molecule has 21 heteroatoms. The minimum atomic E-state index is -1.23. The minimum Gasteiger partial charge on any atom is -0.480 e. The summed E-state index contributed by atoms with van der Waals surface area (Å²) >= 11 is 3.58. The number of carbonyl (C=O) groups is 8. The van der Waals surface area contributed by atoms with Crippen LogP contribution in [0.2, 0.25) is 0 Å². The number of carbonyl (C=O) groups excluding carboxylic acids is 4. The summed E-state index contributed by atoms with van der Waals surface area (Å²) in [6, 6.07) is 0.292. The van der Waals surface area contributed by atoms with Crippen LogP contribution in [0.25, 0.3) is 0 Å². The largest absolute Gasteiger partial charge is 6.00 e. The molecule has 0 saturated carbocycles. The summed E-state index contributed by atoms with van der Waals surface area (Å²) in [5, 5.41) is 47.1. The molecule has 6 atom stereocenters. The molecule has 4 saturated heterocycles. The van der Waals surface area contributed by atoms with Crippen LogP contribution >= 0.6 is 23.5 Å². The Morgan fingerprint density at radius 1 is 0.571 bits per heavy atom. The number of carboxylic acids is 4. The standard InChI is InChI=1S/2C14H21N3O6S.Tc/c2*18-10(17(5-11(19)20)6-12(21)22)4-2-1-3-9-13-8(7-24-9)15-14(23)16-13;/h2*8-9,13H,1-7H2,(H,19,20)(H,21,22)(H2,15,16,23);/q;;+6/i;;1+1. The number of rotatable bonds is 18. The molecule has 6 amide bonds. The maximum atomic E-state index is 12.0. The van der Waals surface area contributed by atoms with Gasteiger partial charge in [0, 0.05) is 34.8 Å². The molecule has 0 aromatic carbocycles. The summed E-state index contributed by atoms with van der Waals surface area (Å²) in [6.07, 6.45) is 4.58. The van der Waals surface area contributed by atoms with Gasteiger partial charge in [0.1, 0.15) is 26.2 Å². The average molecular weight is 818 g/mol. The van der Waals surface area contributed by atoms with Gasteiger partial charge in [-0.2, -0.15) is 23.5 Å². The van der Waals surface area contributed by atoms with Crippen molar-refractivity contribution in [1.82, 2.24) is 31.1 Å². The predicted molar refractivity (Wildman–Crippen MR) is 172 cm³/mol. The molecule has 0 aromatic rings. The van der Waals surface area contributed by atoms with Crippen LogP contribution in [-0.4, -0.2) is 150 Å². The molecule has 18 nitrogen and oxygen atoms in total. The van der Waals surface area contributed by atoms with E-state index in [1.807, 2.05) is 0 Å². The Morgan fingerprint density at radius 3 is 1.20 bits per heavy atom. The van der Waals surface area contributed by atoms with Crippen LogP contribution in [0.3, 0.4) is 0 Å². The zero-order valence-electron chi connectivity index (χ0n) is 26.5. The van der Waals surface area contributed by atoms with Gasteiger partial charge in [-0.3, -0.25) is 28.8 Å². The van der Waals surface area contributed by atoms with Crippen LogP contribution in [0.1, 0.15) is 51.4 Å². The van der Waals surface area contributed by atoms with E-state index in [-0.39, 0.29) is 69.2 Å². The average Bonchev–Trinajstić information content (AvgIpc) is 3.74. The Balaban J connectivity index is 0.000000333. The molecule has 1 radical (unpaired) electrons. The van der Waals surface area contributed by atoms with Gasteiger partial charge in [-0.1, -0.05) is 12.8 Å². The Hall–Kier alpha value is -3.29. The summed E-state index contributed by atoms with van der Waals surface area (Å²) < 4.78 is 0. The molecular weight excluding hydrogens is 775 g/mol. The molecule has 0 bridgehead atoms. The van der Waals surface area contributed by atoms with E-state index in [0.29, 0.717) is 23.3 Å². The number of urea groups is 2. The van der Waals surface area contributed by atoms with Gasteiger partial charge in [0.2, 0.25) is 11.8 Å². The van der Waals surface area contributed by atoms with Gasteiger partial charge in [0.15, 0.2) is 0 Å². The third kappa shape index (κ3) is 13.9. The first-order chi connectivity index (χ1) is 22.7. The van der Waals surface area contributed by atoms with Crippen molar-refractivity contribution in [3.05, 3.63) is 0 Å². The molecule has 4 aliphatic heterocycles. The number of carboxylic acid groups (broad SMARTS) is 4. The Labute approximate surface area is 303 Å². The first-order valence-corrected chi connectivity index (χ1v) is 17.6. The molecule has 4 aliphatic rings. The molecule has 269 valence electrons. The van der Waals surface area contributed by atoms with Crippen molar-refractivity contribution in [2.75, 3.05) is 37.7 Å². The van der Waals surface area contributed by atoms with Gasteiger partial charge in [0.25, 0.3) is 0 Å². The van der Waals surface area contributed by atoms with Gasteiger partial charge in [-0.25, -0.2) is 9.59 Å². The number of nitrogens with zero attached hydrogens (tertiary/aromatic N) is 2. The predicted octanol–water partition coefficient (Wildman–Crippen LogP) is -0.582. The SMILES string of the molecule is O=C(O)CN(CC(=O)O)C(=O)CCCCC1SCC2NC(=O)NC21.O=C(O)CN(CC(=O)O)C(=O)CCCCC1SCC2NC(=O)NC21.[99Tc+6]. The van der Waals surface area contributed by atoms with Crippen LogP contribution in [0, 0.1) is 0 Å². The summed E-state index contributed by atoms with van der Waals surface area (Å²) in [5.74, 6) is -4.12. The third-order valence-electron chi connectivity index (χ3n) is 8.14. The quantitative estimate of drug-likeness (QED) is 0.0636. The number of amides is 6. The molecule has 4 heterocycles. The summed E-state index contributed by atoms with van der Waals surface area (Å²) in [6.45, 7) is -2.42. The van der Waals surface area contributed by atoms with E-state index in [9.17, 15) is 38.4 Å². The summed E-state index contributed by atoms with van der Waals surface area (Å²) in [4.78, 5) is 91.0. The van der Waals surface area contributed by atoms with E-state index < -0.39 is 61.9 Å². The smallest absolute Gasteiger partial charge is 0.480 e. The van der Waals surface area contributed by atoms with Crippen molar-refractivity contribution in [2.24, 2.45) is 0 Å². The fourth-order valence-electron chi connectivity index (χ4n) is 5.96. The second kappa shape index (κ2) is 20.4. The van der Waals surface area contributed by atoms with Crippen molar-refractivity contribution < 1.29 is 78.9 Å². The Morgan fingerprint density at radius 2 is 0.898 bits per heavy atom. The van der Waals surface area contributed by atoms with Crippen LogP contribution in [0.4, 0.5) is 9.59 Å². The van der Waals surface area contributed by atoms with Crippen molar-refractivity contribution in [1.29, 1.82) is 0 Å². The molecule has 0 aromatic heterocycles. The van der Waals surface area contributed by atoms with Crippen LogP contribution < -0.4 is 21.3 Å². The normalized spacial score (nSPS) is 24.3. The molecule has 0 spiro atoms. The maximum absolute atomic E-state index is 12.0. The maximum Gasteiger partial charge on any atom is 6.00 e. The van der Waals surface area contributed by atoms with Crippen molar-refractivity contribution in [3.8, 4) is 0 Å². The van der Waals surface area contributed by atoms with Gasteiger partial charge >= 0.3 is 56.0 Å². The molecule has 49 heavy (non-hydrogen) atoms. The van der Waals surface area contributed by atoms with E-state index in [1.54, 1.807) is 23.5 Å². The van der Waals surface area contributed by atoms with Gasteiger partial charge in [-0.05, 0) is 25.7 Å². The van der Waals surface area contributed by atoms with Crippen LogP contribution in [0.15, 0.2) is 0 Å². The first kappa shape index (κ1) is 41.9. The van der Waals surface area contributed by atoms with E-state index in [0.717, 1.165) is 47.0 Å². The molecule has 8 N–H and O–H groups in total. The zero-order chi connectivity index (χ0) is 35.4.